The van der Waals surface area contributed by atoms with Crippen LogP contribution in [-0.2, 0) is 11.3 Å². The van der Waals surface area contributed by atoms with Gasteiger partial charge in [-0.15, -0.1) is 0 Å². The first-order valence-corrected chi connectivity index (χ1v) is 8.65. The first kappa shape index (κ1) is 18.1. The first-order chi connectivity index (χ1) is 12.6. The van der Waals surface area contributed by atoms with Gasteiger partial charge in [0.2, 0.25) is 5.88 Å². The van der Waals surface area contributed by atoms with Crippen molar-refractivity contribution >= 4 is 6.03 Å². The second kappa shape index (κ2) is 8.14. The summed E-state index contributed by atoms with van der Waals surface area (Å²) in [5, 5.41) is 5.89. The van der Waals surface area contributed by atoms with E-state index < -0.39 is 0 Å². The van der Waals surface area contributed by atoms with Gasteiger partial charge in [0.05, 0.1) is 19.7 Å². The molecule has 2 amide bonds. The van der Waals surface area contributed by atoms with Crippen LogP contribution in [0.25, 0.3) is 0 Å². The molecule has 0 aromatic carbocycles. The highest BCUT2D eigenvalue weighted by atomic mass is 16.5. The number of urea groups is 1. The summed E-state index contributed by atoms with van der Waals surface area (Å²) in [6.07, 6.45) is 4.08. The third-order valence-corrected chi connectivity index (χ3v) is 4.48. The summed E-state index contributed by atoms with van der Waals surface area (Å²) in [5.74, 6) is 0.542. The van der Waals surface area contributed by atoms with E-state index in [1.54, 1.807) is 19.5 Å². The number of rotatable bonds is 5. The summed E-state index contributed by atoms with van der Waals surface area (Å²) in [6.45, 7) is 4.85. The monoisotopic (exact) mass is 356 g/mol. The molecule has 26 heavy (non-hydrogen) atoms. The molecule has 2 N–H and O–H groups in total. The maximum absolute atomic E-state index is 12.4. The predicted molar refractivity (Wildman–Crippen MR) is 97.0 cm³/mol. The average Bonchev–Trinajstić information content (AvgIpc) is 3.09. The van der Waals surface area contributed by atoms with Crippen LogP contribution < -0.4 is 15.4 Å². The van der Waals surface area contributed by atoms with Gasteiger partial charge in [-0.2, -0.15) is 0 Å². The summed E-state index contributed by atoms with van der Waals surface area (Å²) >= 11 is 0. The van der Waals surface area contributed by atoms with Crippen LogP contribution in [0, 0.1) is 13.8 Å². The summed E-state index contributed by atoms with van der Waals surface area (Å²) in [7, 11) is 1.58. The zero-order valence-corrected chi connectivity index (χ0v) is 15.3. The number of ether oxygens (including phenoxy) is 2. The van der Waals surface area contributed by atoms with Crippen molar-refractivity contribution in [1.29, 1.82) is 0 Å². The number of nitrogens with zero attached hydrogens (tertiary/aromatic N) is 2. The second-order valence-corrected chi connectivity index (χ2v) is 6.37. The Morgan fingerprint density at radius 2 is 2.27 bits per heavy atom. The smallest absolute Gasteiger partial charge is 0.315 e. The molecule has 7 heteroatoms. The number of amides is 2. The van der Waals surface area contributed by atoms with Gasteiger partial charge in [-0.1, -0.05) is 6.07 Å². The Hall–Kier alpha value is -2.67. The van der Waals surface area contributed by atoms with Gasteiger partial charge in [0.1, 0.15) is 6.10 Å². The largest absolute Gasteiger partial charge is 0.481 e. The van der Waals surface area contributed by atoms with E-state index in [0.717, 1.165) is 28.8 Å². The lowest BCUT2D eigenvalue weighted by Gasteiger charge is -2.20. The third kappa shape index (κ3) is 4.11. The number of pyridine rings is 2. The molecule has 2 aromatic heterocycles. The molecule has 3 heterocycles. The Kier molecular flexibility index (Phi) is 5.68. The molecule has 1 aliphatic rings. The molecule has 0 radical (unpaired) electrons. The average molecular weight is 356 g/mol. The van der Waals surface area contributed by atoms with E-state index in [4.69, 9.17) is 9.47 Å². The van der Waals surface area contributed by atoms with E-state index in [1.165, 1.54) is 0 Å². The first-order valence-electron chi connectivity index (χ1n) is 8.65. The number of aryl methyl sites for hydroxylation is 2. The predicted octanol–water partition coefficient (Wildman–Crippen LogP) is 2.43. The summed E-state index contributed by atoms with van der Waals surface area (Å²) in [5.41, 5.74) is 3.76. The summed E-state index contributed by atoms with van der Waals surface area (Å²) < 4.78 is 11.1. The second-order valence-electron chi connectivity index (χ2n) is 6.37. The van der Waals surface area contributed by atoms with E-state index in [2.05, 4.69) is 20.6 Å². The SMILES string of the molecule is COc1nc(C)cc(C)c1CNC(=O)N[C@@H]1CCO[C@H]1c1cccnc1. The van der Waals surface area contributed by atoms with Crippen molar-refractivity contribution < 1.29 is 14.3 Å². The summed E-state index contributed by atoms with van der Waals surface area (Å²) in [4.78, 5) is 20.9. The van der Waals surface area contributed by atoms with Crippen molar-refractivity contribution in [2.24, 2.45) is 0 Å². The molecule has 3 rings (SSSR count). The number of carbonyl (C=O) groups excluding carboxylic acids is 1. The van der Waals surface area contributed by atoms with Crippen molar-refractivity contribution in [3.63, 3.8) is 0 Å². The van der Waals surface area contributed by atoms with Gasteiger partial charge in [-0.3, -0.25) is 4.98 Å². The molecule has 1 fully saturated rings. The highest BCUT2D eigenvalue weighted by Gasteiger charge is 2.31. The number of hydrogen-bond donors (Lipinski definition) is 2. The Balaban J connectivity index is 1.61. The molecule has 0 bridgehead atoms. The topological polar surface area (TPSA) is 85.4 Å². The van der Waals surface area contributed by atoms with Crippen LogP contribution in [0.2, 0.25) is 0 Å². The van der Waals surface area contributed by atoms with Gasteiger partial charge >= 0.3 is 6.03 Å². The van der Waals surface area contributed by atoms with Gasteiger partial charge in [-0.25, -0.2) is 9.78 Å². The number of hydrogen-bond acceptors (Lipinski definition) is 5. The lowest BCUT2D eigenvalue weighted by molar-refractivity contribution is 0.0996. The van der Waals surface area contributed by atoms with Crippen molar-refractivity contribution in [3.05, 3.63) is 53.0 Å². The van der Waals surface area contributed by atoms with E-state index in [1.807, 2.05) is 32.0 Å². The Morgan fingerprint density at radius 3 is 3.00 bits per heavy atom. The minimum atomic E-state index is -0.239. The Bertz CT molecular complexity index is 767. The van der Waals surface area contributed by atoms with Crippen molar-refractivity contribution in [3.8, 4) is 5.88 Å². The highest BCUT2D eigenvalue weighted by molar-refractivity contribution is 5.74. The van der Waals surface area contributed by atoms with E-state index in [-0.39, 0.29) is 18.2 Å². The van der Waals surface area contributed by atoms with Crippen molar-refractivity contribution in [1.82, 2.24) is 20.6 Å². The van der Waals surface area contributed by atoms with Crippen molar-refractivity contribution in [2.75, 3.05) is 13.7 Å². The lowest BCUT2D eigenvalue weighted by Crippen LogP contribution is -2.43. The van der Waals surface area contributed by atoms with E-state index >= 15 is 0 Å². The molecule has 2 aromatic rings. The maximum Gasteiger partial charge on any atom is 0.315 e. The number of nitrogens with one attached hydrogen (secondary N) is 2. The normalized spacial score (nSPS) is 19.2. The van der Waals surface area contributed by atoms with Gasteiger partial charge < -0.3 is 20.1 Å². The highest BCUT2D eigenvalue weighted by Crippen LogP contribution is 2.28. The molecule has 1 aliphatic heterocycles. The Morgan fingerprint density at radius 1 is 1.42 bits per heavy atom. The number of methoxy groups -OCH3 is 1. The minimum absolute atomic E-state index is 0.0849. The quantitative estimate of drug-likeness (QED) is 0.859. The molecule has 2 atom stereocenters. The van der Waals surface area contributed by atoms with Crippen LogP contribution in [-0.4, -0.2) is 35.8 Å². The number of aromatic nitrogens is 2. The molecular weight excluding hydrogens is 332 g/mol. The van der Waals surface area contributed by atoms with Crippen LogP contribution >= 0.6 is 0 Å². The van der Waals surface area contributed by atoms with Gasteiger partial charge in [0.15, 0.2) is 0 Å². The van der Waals surface area contributed by atoms with Gasteiger partial charge in [0.25, 0.3) is 0 Å². The van der Waals surface area contributed by atoms with Crippen molar-refractivity contribution in [2.45, 2.75) is 39.0 Å². The zero-order valence-electron chi connectivity index (χ0n) is 15.3. The summed E-state index contributed by atoms with van der Waals surface area (Å²) in [6, 6.07) is 5.48. The van der Waals surface area contributed by atoms with Crippen LogP contribution in [0.4, 0.5) is 4.79 Å². The molecule has 1 saturated heterocycles. The Labute approximate surface area is 153 Å². The van der Waals surface area contributed by atoms with Gasteiger partial charge in [-0.05, 0) is 38.0 Å². The number of carbonyl (C=O) groups is 1. The molecule has 0 aliphatic carbocycles. The van der Waals surface area contributed by atoms with Crippen LogP contribution in [0.3, 0.4) is 0 Å². The van der Waals surface area contributed by atoms with E-state index in [9.17, 15) is 4.79 Å². The van der Waals surface area contributed by atoms with E-state index in [0.29, 0.717) is 19.0 Å². The van der Waals surface area contributed by atoms with Gasteiger partial charge in [0, 0.05) is 35.8 Å². The minimum Gasteiger partial charge on any atom is -0.481 e. The fourth-order valence-electron chi connectivity index (χ4n) is 3.21. The van der Waals surface area contributed by atoms with Crippen LogP contribution in [0.1, 0.15) is 34.9 Å². The van der Waals surface area contributed by atoms with Crippen LogP contribution in [0.15, 0.2) is 30.6 Å². The molecule has 138 valence electrons. The fraction of sp³-hybridized carbons (Fsp3) is 0.421. The zero-order chi connectivity index (χ0) is 18.5. The molecule has 0 spiro atoms. The molecule has 0 unspecified atom stereocenters. The third-order valence-electron chi connectivity index (χ3n) is 4.48. The van der Waals surface area contributed by atoms with Crippen LogP contribution in [0.5, 0.6) is 5.88 Å². The fourth-order valence-corrected chi connectivity index (χ4v) is 3.21. The lowest BCUT2D eigenvalue weighted by atomic mass is 10.0. The standard InChI is InChI=1S/C19H24N4O3/c1-12-9-13(2)22-18(25-3)15(12)11-21-19(24)23-16-6-8-26-17(16)14-5-4-7-20-10-14/h4-5,7,9-10,16-17H,6,8,11H2,1-3H3,(H2,21,23,24)/t16-,17+/m1/s1. The molecular formula is C19H24N4O3. The maximum atomic E-state index is 12.4. The molecule has 0 saturated carbocycles. The molecule has 7 nitrogen and oxygen atoms in total.